The van der Waals surface area contributed by atoms with Gasteiger partial charge in [0, 0.05) is 0 Å². The number of H-pyrrole nitrogens is 1. The van der Waals surface area contributed by atoms with Crippen molar-refractivity contribution >= 4 is 0 Å². The molecule has 0 radical (unpaired) electrons. The molecule has 1 heterocycles. The van der Waals surface area contributed by atoms with Gasteiger partial charge in [-0.3, -0.25) is 0 Å². The molecule has 9 heteroatoms. The summed E-state index contributed by atoms with van der Waals surface area (Å²) >= 11 is 0. The van der Waals surface area contributed by atoms with Gasteiger partial charge in [0.05, 0.1) is 12.1 Å². The molecule has 0 atom stereocenters. The molecule has 0 unspecified atom stereocenters. The van der Waals surface area contributed by atoms with Crippen molar-refractivity contribution in [3.8, 4) is 16.9 Å². The molecule has 32 heavy (non-hydrogen) atoms. The fraction of sp³-hybridized carbons (Fsp3) is 0.130. The molecule has 0 saturated carbocycles. The quantitative estimate of drug-likeness (QED) is 0.479. The van der Waals surface area contributed by atoms with E-state index in [1.165, 1.54) is 12.1 Å². The Morgan fingerprint density at radius 3 is 2.22 bits per heavy atom. The lowest BCUT2D eigenvalue weighted by molar-refractivity contribution is -0.137. The molecule has 0 aliphatic heterocycles. The maximum atomic E-state index is 12.7. The van der Waals surface area contributed by atoms with Gasteiger partial charge in [-0.05, 0) is 52.6 Å². The van der Waals surface area contributed by atoms with E-state index >= 15 is 0 Å². The van der Waals surface area contributed by atoms with Gasteiger partial charge in [0.2, 0.25) is 0 Å². The van der Waals surface area contributed by atoms with E-state index in [0.29, 0.717) is 11.3 Å². The summed E-state index contributed by atoms with van der Waals surface area (Å²) in [6.45, 7) is 0.215. The number of alkyl halides is 3. The number of nitrogens with zero attached hydrogens (tertiary/aromatic N) is 1. The minimum absolute atomic E-state index is 0.0928. The second kappa shape index (κ2) is 8.62. The van der Waals surface area contributed by atoms with E-state index in [2.05, 4.69) is 0 Å². The van der Waals surface area contributed by atoms with Gasteiger partial charge >= 0.3 is 17.6 Å². The molecule has 4 rings (SSSR count). The predicted octanol–water partition coefficient (Wildman–Crippen LogP) is 4.44. The Labute approximate surface area is 179 Å². The maximum Gasteiger partial charge on any atom is 0.440 e. The summed E-state index contributed by atoms with van der Waals surface area (Å²) in [5, 5.41) is 0. The number of rotatable bonds is 6. The molecule has 3 aromatic carbocycles. The Bertz CT molecular complexity index is 1330. The molecular weight excluding hydrogens is 425 g/mol. The zero-order valence-electron chi connectivity index (χ0n) is 16.6. The Morgan fingerprint density at radius 2 is 1.56 bits per heavy atom. The van der Waals surface area contributed by atoms with Crippen LogP contribution in [0.1, 0.15) is 16.7 Å². The van der Waals surface area contributed by atoms with Gasteiger partial charge in [-0.25, -0.2) is 14.6 Å². The highest BCUT2D eigenvalue weighted by molar-refractivity contribution is 5.65. The van der Waals surface area contributed by atoms with E-state index in [4.69, 9.17) is 9.26 Å². The number of aromatic amines is 1. The standard InChI is InChI=1S/C23H17F3N2O4/c24-23(25,26)19-9-7-15(8-10-19)14-31-20-6-2-5-18(12-20)17-4-1-3-16(11-17)13-28-21(29)27-22(30)32-28/h1-12H,13-14H2,(H,27,29,30). The highest BCUT2D eigenvalue weighted by Crippen LogP contribution is 2.29. The van der Waals surface area contributed by atoms with Crippen molar-refractivity contribution in [1.29, 1.82) is 0 Å². The molecule has 0 spiro atoms. The molecule has 4 aromatic rings. The third-order valence-corrected chi connectivity index (χ3v) is 4.74. The lowest BCUT2D eigenvalue weighted by Crippen LogP contribution is -2.17. The summed E-state index contributed by atoms with van der Waals surface area (Å²) in [5.41, 5.74) is 1.74. The second-order valence-corrected chi connectivity index (χ2v) is 7.06. The molecule has 0 fully saturated rings. The van der Waals surface area contributed by atoms with Gasteiger partial charge < -0.3 is 9.26 Å². The molecular formula is C23H17F3N2O4. The topological polar surface area (TPSA) is 77.2 Å². The van der Waals surface area contributed by atoms with Crippen molar-refractivity contribution in [3.63, 3.8) is 0 Å². The molecule has 0 amide bonds. The van der Waals surface area contributed by atoms with Gasteiger partial charge in [0.25, 0.3) is 0 Å². The summed E-state index contributed by atoms with van der Waals surface area (Å²) in [7, 11) is 0. The van der Waals surface area contributed by atoms with Crippen molar-refractivity contribution < 1.29 is 22.4 Å². The number of aromatic nitrogens is 2. The summed E-state index contributed by atoms with van der Waals surface area (Å²) in [4.78, 5) is 24.8. The van der Waals surface area contributed by atoms with Crippen LogP contribution in [0.3, 0.4) is 0 Å². The Balaban J connectivity index is 1.47. The van der Waals surface area contributed by atoms with Crippen LogP contribution in [0.4, 0.5) is 13.2 Å². The molecule has 6 nitrogen and oxygen atoms in total. The first-order chi connectivity index (χ1) is 15.3. The number of halogens is 3. The first kappa shape index (κ1) is 21.2. The first-order valence-electron chi connectivity index (χ1n) is 9.57. The number of ether oxygens (including phenoxy) is 1. The zero-order chi connectivity index (χ0) is 22.7. The maximum absolute atomic E-state index is 12.7. The van der Waals surface area contributed by atoms with Crippen LogP contribution in [0.25, 0.3) is 11.1 Å². The smallest absolute Gasteiger partial charge is 0.440 e. The van der Waals surface area contributed by atoms with Crippen LogP contribution in [-0.4, -0.2) is 9.72 Å². The van der Waals surface area contributed by atoms with E-state index in [1.54, 1.807) is 18.2 Å². The molecule has 1 N–H and O–H groups in total. The van der Waals surface area contributed by atoms with Gasteiger partial charge in [-0.1, -0.05) is 42.5 Å². The van der Waals surface area contributed by atoms with E-state index < -0.39 is 23.2 Å². The third-order valence-electron chi connectivity index (χ3n) is 4.74. The lowest BCUT2D eigenvalue weighted by Gasteiger charge is -2.11. The Hall–Kier alpha value is -4.01. The number of benzene rings is 3. The molecule has 0 saturated heterocycles. The van der Waals surface area contributed by atoms with Gasteiger partial charge in [0.1, 0.15) is 12.4 Å². The van der Waals surface area contributed by atoms with Crippen LogP contribution in [0.15, 0.2) is 86.9 Å². The molecule has 1 aromatic heterocycles. The van der Waals surface area contributed by atoms with E-state index in [9.17, 15) is 22.8 Å². The van der Waals surface area contributed by atoms with Gasteiger partial charge in [-0.15, -0.1) is 4.74 Å². The van der Waals surface area contributed by atoms with Crippen molar-refractivity contribution in [1.82, 2.24) is 9.72 Å². The minimum Gasteiger partial charge on any atom is -0.489 e. The van der Waals surface area contributed by atoms with E-state index in [1.807, 2.05) is 35.3 Å². The zero-order valence-corrected chi connectivity index (χ0v) is 16.6. The van der Waals surface area contributed by atoms with Crippen molar-refractivity contribution in [2.24, 2.45) is 0 Å². The SMILES string of the molecule is O=c1[nH]c(=O)n(Cc2cccc(-c3cccc(OCc4ccc(C(F)(F)F)cc4)c3)c2)o1. The number of hydrogen-bond acceptors (Lipinski definition) is 4. The Morgan fingerprint density at radius 1 is 0.875 bits per heavy atom. The van der Waals surface area contributed by atoms with Crippen molar-refractivity contribution in [2.75, 3.05) is 0 Å². The number of hydrogen-bond donors (Lipinski definition) is 1. The summed E-state index contributed by atoms with van der Waals surface area (Å²) in [5.74, 6) is -0.260. The molecule has 0 aliphatic rings. The van der Waals surface area contributed by atoms with E-state index in [0.717, 1.165) is 33.6 Å². The van der Waals surface area contributed by atoms with Crippen LogP contribution in [0, 0.1) is 0 Å². The fourth-order valence-corrected chi connectivity index (χ4v) is 3.16. The van der Waals surface area contributed by atoms with Crippen LogP contribution >= 0.6 is 0 Å². The van der Waals surface area contributed by atoms with Gasteiger partial charge in [-0.2, -0.15) is 13.2 Å². The van der Waals surface area contributed by atoms with Crippen molar-refractivity contribution in [2.45, 2.75) is 19.3 Å². The molecule has 0 aliphatic carbocycles. The van der Waals surface area contributed by atoms with Crippen LogP contribution in [-0.2, 0) is 19.3 Å². The predicted molar refractivity (Wildman–Crippen MR) is 110 cm³/mol. The van der Waals surface area contributed by atoms with Crippen LogP contribution in [0.5, 0.6) is 5.75 Å². The van der Waals surface area contributed by atoms with Crippen LogP contribution < -0.4 is 16.2 Å². The second-order valence-electron chi connectivity index (χ2n) is 7.06. The highest BCUT2D eigenvalue weighted by atomic mass is 19.4. The average molecular weight is 442 g/mol. The minimum atomic E-state index is -4.37. The highest BCUT2D eigenvalue weighted by Gasteiger charge is 2.29. The van der Waals surface area contributed by atoms with Crippen LogP contribution in [0.2, 0.25) is 0 Å². The summed E-state index contributed by atoms with van der Waals surface area (Å²) in [6, 6.07) is 19.4. The largest absolute Gasteiger partial charge is 0.489 e. The first-order valence-corrected chi connectivity index (χ1v) is 9.57. The fourth-order valence-electron chi connectivity index (χ4n) is 3.16. The summed E-state index contributed by atoms with van der Waals surface area (Å²) < 4.78 is 49.5. The monoisotopic (exact) mass is 442 g/mol. The third kappa shape index (κ3) is 5.00. The Kier molecular flexibility index (Phi) is 5.72. The number of nitrogens with one attached hydrogen (secondary N) is 1. The average Bonchev–Trinajstić information content (AvgIpc) is 3.09. The normalized spacial score (nSPS) is 11.5. The van der Waals surface area contributed by atoms with E-state index in [-0.39, 0.29) is 13.2 Å². The van der Waals surface area contributed by atoms with Gasteiger partial charge in [0.15, 0.2) is 0 Å². The van der Waals surface area contributed by atoms with Crippen molar-refractivity contribution in [3.05, 3.63) is 111 Å². The summed E-state index contributed by atoms with van der Waals surface area (Å²) in [6.07, 6.45) is -4.37. The lowest BCUT2D eigenvalue weighted by atomic mass is 10.0. The molecule has 0 bridgehead atoms. The molecule has 164 valence electrons.